The maximum atomic E-state index is 11.9. The normalized spacial score (nSPS) is 20.9. The predicted molar refractivity (Wildman–Crippen MR) is 73.1 cm³/mol. The summed E-state index contributed by atoms with van der Waals surface area (Å²) in [6.45, 7) is 9.34. The summed E-state index contributed by atoms with van der Waals surface area (Å²) >= 11 is 0. The highest BCUT2D eigenvalue weighted by Crippen LogP contribution is 2.21. The summed E-state index contributed by atoms with van der Waals surface area (Å²) in [6, 6.07) is -0.270. The largest absolute Gasteiger partial charge is 0.381 e. The van der Waals surface area contributed by atoms with Crippen LogP contribution in [-0.2, 0) is 14.9 Å². The van der Waals surface area contributed by atoms with Crippen LogP contribution in [0.2, 0.25) is 0 Å². The van der Waals surface area contributed by atoms with Crippen molar-refractivity contribution in [3.05, 3.63) is 11.7 Å². The Bertz CT molecular complexity index is 458. The molecular weight excluding hydrogens is 258 g/mol. The quantitative estimate of drug-likeness (QED) is 0.913. The number of rotatable bonds is 4. The fraction of sp³-hybridized carbons (Fsp3) is 0.786. The number of amides is 1. The minimum absolute atomic E-state index is 0.00325. The zero-order valence-corrected chi connectivity index (χ0v) is 12.6. The third-order valence-corrected chi connectivity index (χ3v) is 3.36. The Morgan fingerprint density at radius 3 is 2.80 bits per heavy atom. The summed E-state index contributed by atoms with van der Waals surface area (Å²) in [5.41, 5.74) is -0.160. The van der Waals surface area contributed by atoms with Crippen molar-refractivity contribution >= 4 is 5.91 Å². The summed E-state index contributed by atoms with van der Waals surface area (Å²) in [5, 5.41) is 6.86. The van der Waals surface area contributed by atoms with Gasteiger partial charge in [-0.25, -0.2) is 0 Å². The van der Waals surface area contributed by atoms with Gasteiger partial charge in [0.15, 0.2) is 5.82 Å². The number of hydrogen-bond donors (Lipinski definition) is 1. The first-order chi connectivity index (χ1) is 9.36. The van der Waals surface area contributed by atoms with Gasteiger partial charge in [-0.2, -0.15) is 4.98 Å². The second-order valence-corrected chi connectivity index (χ2v) is 6.43. The summed E-state index contributed by atoms with van der Waals surface area (Å²) in [4.78, 5) is 16.3. The molecule has 1 saturated heterocycles. The fourth-order valence-electron chi connectivity index (χ4n) is 2.08. The van der Waals surface area contributed by atoms with Crippen LogP contribution in [0.25, 0.3) is 0 Å². The van der Waals surface area contributed by atoms with Gasteiger partial charge in [-0.3, -0.25) is 4.79 Å². The lowest BCUT2D eigenvalue weighted by atomic mass is 9.96. The molecule has 0 saturated carbocycles. The topological polar surface area (TPSA) is 77.2 Å². The van der Waals surface area contributed by atoms with Gasteiger partial charge in [0, 0.05) is 25.0 Å². The number of ether oxygens (including phenoxy) is 1. The summed E-state index contributed by atoms with van der Waals surface area (Å²) in [6.07, 6.45) is 1.45. The number of carbonyl (C=O) groups is 1. The molecule has 1 aromatic rings. The second-order valence-electron chi connectivity index (χ2n) is 6.43. The molecule has 20 heavy (non-hydrogen) atoms. The first-order valence-electron chi connectivity index (χ1n) is 7.07. The molecule has 1 aliphatic heterocycles. The van der Waals surface area contributed by atoms with Crippen LogP contribution < -0.4 is 5.32 Å². The molecule has 6 nitrogen and oxygen atoms in total. The van der Waals surface area contributed by atoms with Gasteiger partial charge in [0.25, 0.3) is 0 Å². The first kappa shape index (κ1) is 15.0. The standard InChI is InChI=1S/C14H23N3O3/c1-9(12-16-13(17-20-12)14(2,3)4)15-11(18)7-10-5-6-19-8-10/h9-10H,5-8H2,1-4H3,(H,15,18)/t9-,10+/m1/s1. The predicted octanol–water partition coefficient (Wildman–Crippen LogP) is 1.97. The smallest absolute Gasteiger partial charge is 0.248 e. The number of hydrogen-bond acceptors (Lipinski definition) is 5. The number of nitrogens with one attached hydrogen (secondary N) is 1. The summed E-state index contributed by atoms with van der Waals surface area (Å²) < 4.78 is 10.5. The first-order valence-corrected chi connectivity index (χ1v) is 7.07. The van der Waals surface area contributed by atoms with Crippen molar-refractivity contribution < 1.29 is 14.1 Å². The lowest BCUT2D eigenvalue weighted by molar-refractivity contribution is -0.122. The molecule has 0 bridgehead atoms. The van der Waals surface area contributed by atoms with Gasteiger partial charge >= 0.3 is 0 Å². The highest BCUT2D eigenvalue weighted by molar-refractivity contribution is 5.76. The third kappa shape index (κ3) is 3.79. The van der Waals surface area contributed by atoms with E-state index in [2.05, 4.69) is 15.5 Å². The van der Waals surface area contributed by atoms with Gasteiger partial charge in [0.1, 0.15) is 6.04 Å². The maximum Gasteiger partial charge on any atom is 0.248 e. The van der Waals surface area contributed by atoms with Crippen molar-refractivity contribution in [3.63, 3.8) is 0 Å². The number of aromatic nitrogens is 2. The number of carbonyl (C=O) groups excluding carboxylic acids is 1. The lowest BCUT2D eigenvalue weighted by Gasteiger charge is -2.13. The van der Waals surface area contributed by atoms with E-state index in [-0.39, 0.29) is 17.4 Å². The molecule has 1 aromatic heterocycles. The van der Waals surface area contributed by atoms with Crippen molar-refractivity contribution in [2.24, 2.45) is 5.92 Å². The van der Waals surface area contributed by atoms with Crippen LogP contribution in [0.3, 0.4) is 0 Å². The van der Waals surface area contributed by atoms with E-state index in [1.54, 1.807) is 0 Å². The van der Waals surface area contributed by atoms with Crippen LogP contribution in [0.5, 0.6) is 0 Å². The molecular formula is C14H23N3O3. The van der Waals surface area contributed by atoms with Crippen LogP contribution in [0.15, 0.2) is 4.52 Å². The van der Waals surface area contributed by atoms with E-state index in [0.29, 0.717) is 30.7 Å². The number of nitrogens with zero attached hydrogens (tertiary/aromatic N) is 2. The minimum atomic E-state index is -0.270. The average molecular weight is 281 g/mol. The van der Waals surface area contributed by atoms with Gasteiger partial charge in [-0.15, -0.1) is 0 Å². The van der Waals surface area contributed by atoms with E-state index in [4.69, 9.17) is 9.26 Å². The van der Waals surface area contributed by atoms with Crippen LogP contribution in [0.1, 0.15) is 58.3 Å². The maximum absolute atomic E-state index is 11.9. The van der Waals surface area contributed by atoms with E-state index < -0.39 is 0 Å². The second kappa shape index (κ2) is 5.91. The molecule has 2 rings (SSSR count). The Balaban J connectivity index is 1.89. The Morgan fingerprint density at radius 1 is 1.50 bits per heavy atom. The third-order valence-electron chi connectivity index (χ3n) is 3.36. The molecule has 0 spiro atoms. The Morgan fingerprint density at radius 2 is 2.25 bits per heavy atom. The molecule has 1 fully saturated rings. The highest BCUT2D eigenvalue weighted by Gasteiger charge is 2.25. The zero-order chi connectivity index (χ0) is 14.8. The Labute approximate surface area is 119 Å². The van der Waals surface area contributed by atoms with E-state index >= 15 is 0 Å². The molecule has 0 radical (unpaired) electrons. The Kier molecular flexibility index (Phi) is 4.42. The summed E-state index contributed by atoms with van der Waals surface area (Å²) in [5.74, 6) is 1.43. The summed E-state index contributed by atoms with van der Waals surface area (Å²) in [7, 11) is 0. The van der Waals surface area contributed by atoms with Gasteiger partial charge in [0.05, 0.1) is 0 Å². The zero-order valence-electron chi connectivity index (χ0n) is 12.6. The van der Waals surface area contributed by atoms with Crippen molar-refractivity contribution in [3.8, 4) is 0 Å². The van der Waals surface area contributed by atoms with Crippen molar-refractivity contribution in [2.45, 2.75) is 52.0 Å². The SMILES string of the molecule is C[C@@H](NC(=O)C[C@@H]1CCOC1)c1nc(C(C)(C)C)no1. The fourth-order valence-corrected chi connectivity index (χ4v) is 2.08. The van der Waals surface area contributed by atoms with Crippen LogP contribution in [-0.4, -0.2) is 29.3 Å². The average Bonchev–Trinajstić information content (AvgIpc) is 2.97. The van der Waals surface area contributed by atoms with Crippen molar-refractivity contribution in [1.82, 2.24) is 15.5 Å². The monoisotopic (exact) mass is 281 g/mol. The molecule has 0 aromatic carbocycles. The molecule has 2 atom stereocenters. The van der Waals surface area contributed by atoms with Gasteiger partial charge in [-0.05, 0) is 19.3 Å². The molecule has 1 amide bonds. The molecule has 1 aliphatic rings. The van der Waals surface area contributed by atoms with Crippen LogP contribution in [0, 0.1) is 5.92 Å². The Hall–Kier alpha value is -1.43. The van der Waals surface area contributed by atoms with E-state index in [1.165, 1.54) is 0 Å². The van der Waals surface area contributed by atoms with E-state index in [1.807, 2.05) is 27.7 Å². The highest BCUT2D eigenvalue weighted by atomic mass is 16.5. The molecule has 112 valence electrons. The van der Waals surface area contributed by atoms with Crippen LogP contribution >= 0.6 is 0 Å². The van der Waals surface area contributed by atoms with Gasteiger partial charge < -0.3 is 14.6 Å². The van der Waals surface area contributed by atoms with Gasteiger partial charge in [-0.1, -0.05) is 25.9 Å². The van der Waals surface area contributed by atoms with E-state index in [9.17, 15) is 4.79 Å². The minimum Gasteiger partial charge on any atom is -0.381 e. The van der Waals surface area contributed by atoms with Crippen LogP contribution in [0.4, 0.5) is 0 Å². The van der Waals surface area contributed by atoms with Gasteiger partial charge in [0.2, 0.25) is 11.8 Å². The van der Waals surface area contributed by atoms with Crippen molar-refractivity contribution in [1.29, 1.82) is 0 Å². The molecule has 0 aliphatic carbocycles. The van der Waals surface area contributed by atoms with Crippen molar-refractivity contribution in [2.75, 3.05) is 13.2 Å². The molecule has 2 heterocycles. The molecule has 0 unspecified atom stereocenters. The molecule has 6 heteroatoms. The molecule has 1 N–H and O–H groups in total. The lowest BCUT2D eigenvalue weighted by Crippen LogP contribution is -2.28. The van der Waals surface area contributed by atoms with E-state index in [0.717, 1.165) is 13.0 Å².